The molecule has 0 aliphatic heterocycles. The first-order chi connectivity index (χ1) is 9.31. The first-order valence-electron chi connectivity index (χ1n) is 7.42. The van der Waals surface area contributed by atoms with Gasteiger partial charge in [0.1, 0.15) is 5.75 Å². The van der Waals surface area contributed by atoms with E-state index >= 15 is 0 Å². The number of rotatable bonds is 7. The summed E-state index contributed by atoms with van der Waals surface area (Å²) in [4.78, 5) is 0. The van der Waals surface area contributed by atoms with E-state index in [1.165, 1.54) is 25.7 Å². The lowest BCUT2D eigenvalue weighted by atomic mass is 10.1. The molecule has 0 radical (unpaired) electrons. The zero-order valence-electron chi connectivity index (χ0n) is 11.8. The molecule has 2 rings (SSSR count). The molecular weight excluding hydrogens is 258 g/mol. The number of hydrogen-bond acceptors (Lipinski definition) is 2. The molecule has 0 atom stereocenters. The van der Waals surface area contributed by atoms with Crippen molar-refractivity contribution >= 4 is 11.6 Å². The lowest BCUT2D eigenvalue weighted by Crippen LogP contribution is -2.16. The van der Waals surface area contributed by atoms with Gasteiger partial charge < -0.3 is 10.1 Å². The molecule has 0 aromatic heterocycles. The maximum Gasteiger partial charge on any atom is 0.125 e. The minimum atomic E-state index is 0.732. The van der Waals surface area contributed by atoms with E-state index in [2.05, 4.69) is 12.2 Å². The fourth-order valence-electron chi connectivity index (χ4n) is 2.62. The Bertz CT molecular complexity index is 388. The van der Waals surface area contributed by atoms with E-state index in [4.69, 9.17) is 16.3 Å². The molecule has 0 spiro atoms. The van der Waals surface area contributed by atoms with Gasteiger partial charge in [0, 0.05) is 17.1 Å². The molecule has 106 valence electrons. The van der Waals surface area contributed by atoms with Gasteiger partial charge in [0.2, 0.25) is 0 Å². The average Bonchev–Trinajstić information content (AvgIpc) is 2.92. The topological polar surface area (TPSA) is 21.3 Å². The number of benzene rings is 1. The van der Waals surface area contributed by atoms with E-state index in [1.54, 1.807) is 0 Å². The predicted molar refractivity (Wildman–Crippen MR) is 80.9 cm³/mol. The van der Waals surface area contributed by atoms with Crippen LogP contribution < -0.4 is 10.1 Å². The summed E-state index contributed by atoms with van der Waals surface area (Å²) in [5, 5.41) is 4.19. The molecule has 1 N–H and O–H groups in total. The van der Waals surface area contributed by atoms with Crippen LogP contribution >= 0.6 is 11.6 Å². The molecule has 2 nitrogen and oxygen atoms in total. The fraction of sp³-hybridized carbons (Fsp3) is 0.625. The van der Waals surface area contributed by atoms with E-state index < -0.39 is 0 Å². The van der Waals surface area contributed by atoms with E-state index in [0.717, 1.165) is 48.4 Å². The molecule has 0 heterocycles. The molecule has 1 aliphatic carbocycles. The van der Waals surface area contributed by atoms with Crippen LogP contribution in [-0.4, -0.2) is 13.2 Å². The standard InChI is InChI=1S/C16H24ClNO/c1-2-10-18-11-14-15(17)8-5-9-16(14)19-12-13-6-3-4-7-13/h5,8-9,13,18H,2-4,6-7,10-12H2,1H3. The van der Waals surface area contributed by atoms with Crippen LogP contribution in [0.1, 0.15) is 44.6 Å². The SMILES string of the molecule is CCCNCc1c(Cl)cccc1OCC1CCCC1. The van der Waals surface area contributed by atoms with Gasteiger partial charge >= 0.3 is 0 Å². The summed E-state index contributed by atoms with van der Waals surface area (Å²) in [6.07, 6.45) is 6.46. The minimum Gasteiger partial charge on any atom is -0.493 e. The van der Waals surface area contributed by atoms with Crippen molar-refractivity contribution in [1.82, 2.24) is 5.32 Å². The lowest BCUT2D eigenvalue weighted by Gasteiger charge is -2.16. The van der Waals surface area contributed by atoms with Crippen LogP contribution in [0.3, 0.4) is 0 Å². The summed E-state index contributed by atoms with van der Waals surface area (Å²) in [5.41, 5.74) is 1.09. The van der Waals surface area contributed by atoms with Crippen molar-refractivity contribution in [1.29, 1.82) is 0 Å². The molecule has 0 saturated heterocycles. The Morgan fingerprint density at radius 3 is 2.84 bits per heavy atom. The third-order valence-electron chi connectivity index (χ3n) is 3.75. The molecule has 1 aromatic carbocycles. The van der Waals surface area contributed by atoms with Crippen molar-refractivity contribution in [3.8, 4) is 5.75 Å². The molecule has 0 amide bonds. The van der Waals surface area contributed by atoms with E-state index in [9.17, 15) is 0 Å². The van der Waals surface area contributed by atoms with Crippen molar-refractivity contribution in [2.45, 2.75) is 45.6 Å². The Morgan fingerprint density at radius 2 is 2.11 bits per heavy atom. The zero-order chi connectivity index (χ0) is 13.5. The smallest absolute Gasteiger partial charge is 0.125 e. The molecule has 3 heteroatoms. The van der Waals surface area contributed by atoms with Gasteiger partial charge in [-0.3, -0.25) is 0 Å². The second-order valence-electron chi connectivity index (χ2n) is 5.35. The molecule has 1 saturated carbocycles. The third kappa shape index (κ3) is 4.39. The van der Waals surface area contributed by atoms with Crippen molar-refractivity contribution in [2.24, 2.45) is 5.92 Å². The summed E-state index contributed by atoms with van der Waals surface area (Å²) in [6, 6.07) is 5.94. The average molecular weight is 282 g/mol. The predicted octanol–water partition coefficient (Wildman–Crippen LogP) is 4.41. The summed E-state index contributed by atoms with van der Waals surface area (Å²) < 4.78 is 6.01. The molecule has 1 aromatic rings. The fourth-order valence-corrected chi connectivity index (χ4v) is 2.85. The van der Waals surface area contributed by atoms with Crippen LogP contribution in [0.25, 0.3) is 0 Å². The summed E-state index contributed by atoms with van der Waals surface area (Å²) in [5.74, 6) is 1.68. The van der Waals surface area contributed by atoms with Gasteiger partial charge in [-0.05, 0) is 43.9 Å². The van der Waals surface area contributed by atoms with Crippen molar-refractivity contribution in [3.63, 3.8) is 0 Å². The first-order valence-corrected chi connectivity index (χ1v) is 7.80. The molecule has 0 bridgehead atoms. The molecule has 1 fully saturated rings. The second kappa shape index (κ2) is 7.76. The van der Waals surface area contributed by atoms with Crippen LogP contribution in [0.2, 0.25) is 5.02 Å². The van der Waals surface area contributed by atoms with Crippen LogP contribution in [0, 0.1) is 5.92 Å². The van der Waals surface area contributed by atoms with Gasteiger partial charge in [-0.2, -0.15) is 0 Å². The van der Waals surface area contributed by atoms with Crippen molar-refractivity contribution in [3.05, 3.63) is 28.8 Å². The van der Waals surface area contributed by atoms with Crippen molar-refractivity contribution < 1.29 is 4.74 Å². The Morgan fingerprint density at radius 1 is 1.32 bits per heavy atom. The number of nitrogens with one attached hydrogen (secondary N) is 1. The molecule has 19 heavy (non-hydrogen) atoms. The van der Waals surface area contributed by atoms with Crippen LogP contribution in [0.15, 0.2) is 18.2 Å². The molecular formula is C16H24ClNO. The molecule has 0 unspecified atom stereocenters. The summed E-state index contributed by atoms with van der Waals surface area (Å²) in [6.45, 7) is 4.79. The van der Waals surface area contributed by atoms with E-state index in [-0.39, 0.29) is 0 Å². The van der Waals surface area contributed by atoms with E-state index in [0.29, 0.717) is 0 Å². The minimum absolute atomic E-state index is 0.732. The van der Waals surface area contributed by atoms with Gasteiger partial charge in [0.15, 0.2) is 0 Å². The van der Waals surface area contributed by atoms with Crippen LogP contribution in [0.4, 0.5) is 0 Å². The van der Waals surface area contributed by atoms with Gasteiger partial charge in [-0.25, -0.2) is 0 Å². The van der Waals surface area contributed by atoms with Crippen LogP contribution in [0.5, 0.6) is 5.75 Å². The summed E-state index contributed by atoms with van der Waals surface area (Å²) in [7, 11) is 0. The zero-order valence-corrected chi connectivity index (χ0v) is 12.5. The first kappa shape index (κ1) is 14.7. The maximum absolute atomic E-state index is 6.28. The molecule has 1 aliphatic rings. The van der Waals surface area contributed by atoms with Gasteiger partial charge in [-0.1, -0.05) is 37.4 Å². The number of halogens is 1. The van der Waals surface area contributed by atoms with Gasteiger partial charge in [0.25, 0.3) is 0 Å². The lowest BCUT2D eigenvalue weighted by molar-refractivity contribution is 0.249. The van der Waals surface area contributed by atoms with E-state index in [1.807, 2.05) is 18.2 Å². The maximum atomic E-state index is 6.28. The quantitative estimate of drug-likeness (QED) is 0.748. The highest BCUT2D eigenvalue weighted by molar-refractivity contribution is 6.31. The second-order valence-corrected chi connectivity index (χ2v) is 5.76. The highest BCUT2D eigenvalue weighted by Crippen LogP contribution is 2.29. The largest absolute Gasteiger partial charge is 0.493 e. The van der Waals surface area contributed by atoms with Gasteiger partial charge in [0.05, 0.1) is 6.61 Å². The van der Waals surface area contributed by atoms with Crippen LogP contribution in [-0.2, 0) is 6.54 Å². The monoisotopic (exact) mass is 281 g/mol. The summed E-state index contributed by atoms with van der Waals surface area (Å²) >= 11 is 6.28. The number of hydrogen-bond donors (Lipinski definition) is 1. The highest BCUT2D eigenvalue weighted by Gasteiger charge is 2.16. The number of ether oxygens (including phenoxy) is 1. The Labute approximate surface area is 121 Å². The van der Waals surface area contributed by atoms with Crippen molar-refractivity contribution in [2.75, 3.05) is 13.2 Å². The highest BCUT2D eigenvalue weighted by atomic mass is 35.5. The Balaban J connectivity index is 1.95. The third-order valence-corrected chi connectivity index (χ3v) is 4.11. The Hall–Kier alpha value is -0.730. The normalized spacial score (nSPS) is 15.9. The van der Waals surface area contributed by atoms with Gasteiger partial charge in [-0.15, -0.1) is 0 Å². The Kier molecular flexibility index (Phi) is 5.99.